The Morgan fingerprint density at radius 2 is 0.484 bits per heavy atom. The third kappa shape index (κ3) is 9.02. The van der Waals surface area contributed by atoms with Crippen LogP contribution < -0.4 is 18.5 Å². The molecule has 15 heteroatoms. The number of thiazole rings is 4. The first-order chi connectivity index (χ1) is 29.4. The van der Waals surface area contributed by atoms with Gasteiger partial charge < -0.3 is 0 Å². The highest BCUT2D eigenvalue weighted by Gasteiger charge is 2.53. The second kappa shape index (κ2) is 21.2. The van der Waals surface area contributed by atoms with E-state index in [1.165, 1.54) is 28.3 Å². The van der Waals surface area contributed by atoms with Crippen molar-refractivity contribution in [3.63, 3.8) is 0 Å². The molecule has 0 saturated carbocycles. The van der Waals surface area contributed by atoms with E-state index in [2.05, 4.69) is 198 Å². The molecular weight excluding hydrogens is 1060 g/mol. The first kappa shape index (κ1) is 56.6. The van der Waals surface area contributed by atoms with Crippen molar-refractivity contribution in [1.82, 2.24) is 19.9 Å². The Balaban J connectivity index is 0.000000281. The number of rotatable bonds is 17. The molecule has 0 fully saturated rings. The molecule has 5 nitrogen and oxygen atoms in total. The van der Waals surface area contributed by atoms with Gasteiger partial charge in [-0.3, -0.25) is 4.79 Å². The summed E-state index contributed by atoms with van der Waals surface area (Å²) in [5, 5.41) is 0. The number of hydrogen-bond acceptors (Lipinski definition) is 9. The van der Waals surface area contributed by atoms with Gasteiger partial charge in [-0.05, 0) is 98.4 Å². The zero-order valence-electron chi connectivity index (χ0n) is 44.0. The number of nitrogens with zero attached hydrogens (tertiary/aromatic N) is 4. The molecule has 0 bridgehead atoms. The minimum absolute atomic E-state index is 0.0679. The topological polar surface area (TPSA) is 68.6 Å². The van der Waals surface area contributed by atoms with Crippen LogP contribution in [0.5, 0.6) is 0 Å². The van der Waals surface area contributed by atoms with Crippen molar-refractivity contribution in [3.8, 4) is 19.5 Å². The van der Waals surface area contributed by atoms with Crippen molar-refractivity contribution in [3.05, 3.63) is 20.6 Å². The molecule has 0 saturated heterocycles. The summed E-state index contributed by atoms with van der Waals surface area (Å²) in [5.74, 6) is 0.0679. The molecule has 5 rings (SSSR count). The van der Waals surface area contributed by atoms with Gasteiger partial charge in [0, 0.05) is 0 Å². The Kier molecular flexibility index (Phi) is 18.7. The maximum Gasteiger partial charge on any atom is 0.232 e. The summed E-state index contributed by atoms with van der Waals surface area (Å²) in [6.45, 7) is 57.3. The van der Waals surface area contributed by atoms with Crippen molar-refractivity contribution < 1.29 is 4.79 Å². The van der Waals surface area contributed by atoms with Gasteiger partial charge in [0.2, 0.25) is 5.78 Å². The molecule has 0 aliphatic heterocycles. The number of halogens is 2. The van der Waals surface area contributed by atoms with Crippen molar-refractivity contribution in [2.45, 2.75) is 233 Å². The zero-order chi connectivity index (χ0) is 49.1. The summed E-state index contributed by atoms with van der Waals surface area (Å²) in [5.41, 5.74) is 8.80. The molecule has 1 aliphatic carbocycles. The summed E-state index contributed by atoms with van der Waals surface area (Å²) < 4.78 is 7.33. The molecule has 4 aromatic rings. The van der Waals surface area contributed by atoms with E-state index in [0.29, 0.717) is 77.9 Å². The molecule has 64 heavy (non-hydrogen) atoms. The van der Waals surface area contributed by atoms with Crippen molar-refractivity contribution in [2.75, 3.05) is 0 Å². The lowest BCUT2D eigenvalue weighted by Crippen LogP contribution is -2.55. The highest BCUT2D eigenvalue weighted by Crippen LogP contribution is 2.51. The first-order valence-electron chi connectivity index (χ1n) is 24.3. The Bertz CT molecular complexity index is 1990. The molecule has 0 aromatic carbocycles. The second-order valence-corrected chi connectivity index (χ2v) is 52.8. The van der Waals surface area contributed by atoms with Gasteiger partial charge in [-0.15, -0.1) is 45.3 Å². The van der Waals surface area contributed by atoms with E-state index < -0.39 is 32.3 Å². The third-order valence-electron chi connectivity index (χ3n) is 16.2. The fraction of sp³-hybridized carbons (Fsp3) is 0.735. The molecule has 0 spiro atoms. The predicted molar refractivity (Wildman–Crippen MR) is 308 cm³/mol. The number of carbonyl (C=O) groups excluding carboxylic acids is 1. The Morgan fingerprint density at radius 3 is 0.672 bits per heavy atom. The molecule has 4 aromatic heterocycles. The smallest absolute Gasteiger partial charge is 0.232 e. The highest BCUT2D eigenvalue weighted by molar-refractivity contribution is 9.11. The van der Waals surface area contributed by atoms with Gasteiger partial charge in [0.15, 0.2) is 0 Å². The van der Waals surface area contributed by atoms with Crippen LogP contribution in [-0.4, -0.2) is 58.0 Å². The normalized spacial score (nSPS) is 14.2. The molecular formula is C49H84Br2N4OS4Si4. The van der Waals surface area contributed by atoms with Crippen molar-refractivity contribution in [1.29, 1.82) is 0 Å². The van der Waals surface area contributed by atoms with Gasteiger partial charge in [0.25, 0.3) is 0 Å². The van der Waals surface area contributed by atoms with E-state index >= 15 is 0 Å². The maximum atomic E-state index is 13.5. The van der Waals surface area contributed by atoms with Crippen molar-refractivity contribution in [2.24, 2.45) is 0 Å². The van der Waals surface area contributed by atoms with Gasteiger partial charge in [0.1, 0.15) is 52.9 Å². The van der Waals surface area contributed by atoms with Gasteiger partial charge in [-0.2, -0.15) is 0 Å². The van der Waals surface area contributed by atoms with E-state index in [4.69, 9.17) is 19.9 Å². The minimum Gasteiger partial charge on any atom is -0.285 e. The first-order valence-corrected chi connectivity index (χ1v) is 38.1. The average Bonchev–Trinajstić information content (AvgIpc) is 3.95. The third-order valence-corrected chi connectivity index (χ3v) is 53.5. The number of carbonyl (C=O) groups is 1. The number of fused-ring (bicyclic) bond motifs is 3. The lowest BCUT2D eigenvalue weighted by Gasteiger charge is -2.41. The summed E-state index contributed by atoms with van der Waals surface area (Å²) >= 11 is 15.2. The average molecular weight is 1150 g/mol. The quantitative estimate of drug-likeness (QED) is 0.0868. The molecule has 0 amide bonds. The second-order valence-electron chi connectivity index (χ2n) is 22.6. The van der Waals surface area contributed by atoms with Gasteiger partial charge in [-0.1, -0.05) is 166 Å². The van der Waals surface area contributed by atoms with Crippen LogP contribution in [0, 0.1) is 0 Å². The molecule has 1 aliphatic rings. The summed E-state index contributed by atoms with van der Waals surface area (Å²) in [6, 6.07) is 0. The van der Waals surface area contributed by atoms with E-state index in [-0.39, 0.29) is 5.78 Å². The van der Waals surface area contributed by atoms with Crippen LogP contribution >= 0.6 is 77.2 Å². The summed E-state index contributed by atoms with van der Waals surface area (Å²) in [4.78, 5) is 38.9. The van der Waals surface area contributed by atoms with E-state index in [1.54, 1.807) is 0 Å². The standard InChI is InChI=1S/C25H42N2OS2Si2.C24H42Br2N2S2Si2/c1-13(2)31(14(3)4,15(5)6)24-26-19-21(28)20-23(22(19)29-24)30-25(27-20)32(16(7)8,17(9)10)18(11)12;1-13(2)31(14(3)4,15(5)6)23-27-21(25)19(29-23)20-22(26)28-24(30-20)32(16(7)8,17(9)10)18(11)12/h2*13-18H,1-12H3. The van der Waals surface area contributed by atoms with Gasteiger partial charge in [-0.25, -0.2) is 19.9 Å². The van der Waals surface area contributed by atoms with Gasteiger partial charge >= 0.3 is 0 Å². The monoisotopic (exact) mass is 1140 g/mol. The van der Waals surface area contributed by atoms with Crippen LogP contribution in [0.25, 0.3) is 19.5 Å². The predicted octanol–water partition coefficient (Wildman–Crippen LogP) is 17.1. The largest absolute Gasteiger partial charge is 0.285 e. The molecule has 0 N–H and O–H groups in total. The Hall–Kier alpha value is 0.0175. The van der Waals surface area contributed by atoms with Crippen LogP contribution in [0.15, 0.2) is 9.21 Å². The lowest BCUT2D eigenvalue weighted by atomic mass is 10.3. The van der Waals surface area contributed by atoms with Crippen LogP contribution in [0.1, 0.15) is 182 Å². The number of hydrogen-bond donors (Lipinski definition) is 0. The fourth-order valence-corrected chi connectivity index (χ4v) is 55.0. The van der Waals surface area contributed by atoms with Crippen LogP contribution in [0.2, 0.25) is 66.5 Å². The zero-order valence-corrected chi connectivity index (χ0v) is 54.5. The minimum atomic E-state index is -1.88. The molecule has 0 atom stereocenters. The number of aromatic nitrogens is 4. The summed E-state index contributed by atoms with van der Waals surface area (Å²) in [6.07, 6.45) is 0. The molecule has 0 unspecified atom stereocenters. The Morgan fingerprint density at radius 1 is 0.312 bits per heavy atom. The maximum absolute atomic E-state index is 13.5. The fourth-order valence-electron chi connectivity index (χ4n) is 14.0. The highest BCUT2D eigenvalue weighted by atomic mass is 79.9. The number of ketones is 1. The van der Waals surface area contributed by atoms with Crippen LogP contribution in [0.3, 0.4) is 0 Å². The van der Waals surface area contributed by atoms with Crippen LogP contribution in [-0.2, 0) is 0 Å². The SMILES string of the molecule is CC(C)[Si](c1nc(Br)c(-c2sc([Si](C(C)C)(C(C)C)C(C)C)nc2Br)s1)(C(C)C)C(C)C.CC(C)[Si](c1nc2c(s1)-c1sc([Si](C(C)C)(C(C)C)C(C)C)nc1C2=O)(C(C)C)C(C)C. The molecule has 4 heterocycles. The van der Waals surface area contributed by atoms with E-state index in [9.17, 15) is 4.79 Å². The lowest BCUT2D eigenvalue weighted by molar-refractivity contribution is 0.103. The Labute approximate surface area is 427 Å². The van der Waals surface area contributed by atoms with E-state index in [0.717, 1.165) is 19.0 Å². The van der Waals surface area contributed by atoms with Gasteiger partial charge in [0.05, 0.1) is 38.0 Å². The molecule has 0 radical (unpaired) electrons. The van der Waals surface area contributed by atoms with Crippen molar-refractivity contribution >= 4 is 134 Å². The van der Waals surface area contributed by atoms with Crippen LogP contribution in [0.4, 0.5) is 0 Å². The van der Waals surface area contributed by atoms with E-state index in [1.807, 2.05) is 45.3 Å². The summed E-state index contributed by atoms with van der Waals surface area (Å²) in [7, 11) is -7.35. The molecule has 360 valence electrons.